The van der Waals surface area contributed by atoms with Crippen LogP contribution in [-0.2, 0) is 4.74 Å². The number of allylic oxidation sites excluding steroid dienone is 1. The van der Waals surface area contributed by atoms with Gasteiger partial charge in [-0.1, -0.05) is 13.3 Å². The summed E-state index contributed by atoms with van der Waals surface area (Å²) in [5.74, 6) is 0. The highest BCUT2D eigenvalue weighted by molar-refractivity contribution is 4.90. The molecule has 0 saturated heterocycles. The van der Waals surface area contributed by atoms with E-state index in [1.807, 2.05) is 19.9 Å². The second-order valence-electron chi connectivity index (χ2n) is 4.35. The van der Waals surface area contributed by atoms with E-state index in [0.29, 0.717) is 0 Å². The summed E-state index contributed by atoms with van der Waals surface area (Å²) in [5.41, 5.74) is -1.37. The molecule has 0 heterocycles. The zero-order chi connectivity index (χ0) is 10.5. The van der Waals surface area contributed by atoms with E-state index >= 15 is 0 Å². The number of hydrogen-bond donors (Lipinski definition) is 1. The average molecular weight is 186 g/mol. The van der Waals surface area contributed by atoms with Crippen molar-refractivity contribution in [3.8, 4) is 0 Å². The first kappa shape index (κ1) is 12.5. The van der Waals surface area contributed by atoms with Crippen molar-refractivity contribution in [2.24, 2.45) is 0 Å². The minimum absolute atomic E-state index is 0.544. The van der Waals surface area contributed by atoms with E-state index in [1.54, 1.807) is 20.1 Å². The molecule has 0 aromatic heterocycles. The topological polar surface area (TPSA) is 29.5 Å². The molecule has 13 heavy (non-hydrogen) atoms. The van der Waals surface area contributed by atoms with Crippen LogP contribution >= 0.6 is 0 Å². The van der Waals surface area contributed by atoms with Crippen LogP contribution in [0.25, 0.3) is 0 Å². The Morgan fingerprint density at radius 3 is 2.15 bits per heavy atom. The van der Waals surface area contributed by atoms with E-state index < -0.39 is 11.2 Å². The van der Waals surface area contributed by atoms with Crippen molar-refractivity contribution >= 4 is 0 Å². The van der Waals surface area contributed by atoms with Crippen molar-refractivity contribution in [2.75, 3.05) is 0 Å². The molecule has 0 aliphatic rings. The molecule has 0 spiro atoms. The van der Waals surface area contributed by atoms with Gasteiger partial charge in [-0.25, -0.2) is 0 Å². The summed E-state index contributed by atoms with van der Waals surface area (Å²) in [5, 5.41) is 9.74. The third kappa shape index (κ3) is 4.32. The van der Waals surface area contributed by atoms with E-state index in [4.69, 9.17) is 4.74 Å². The van der Waals surface area contributed by atoms with Crippen molar-refractivity contribution in [2.45, 2.75) is 58.7 Å². The van der Waals surface area contributed by atoms with Crippen LogP contribution in [0, 0.1) is 0 Å². The van der Waals surface area contributed by atoms with Gasteiger partial charge in [0, 0.05) is 0 Å². The van der Waals surface area contributed by atoms with Crippen LogP contribution in [0.4, 0.5) is 0 Å². The molecule has 2 heteroatoms. The Bertz CT molecular complexity index is 163. The number of aliphatic hydroxyl groups is 1. The zero-order valence-corrected chi connectivity index (χ0v) is 9.42. The minimum Gasteiger partial charge on any atom is -0.493 e. The molecule has 0 saturated carbocycles. The van der Waals surface area contributed by atoms with Gasteiger partial charge in [-0.15, -0.1) is 0 Å². The smallest absolute Gasteiger partial charge is 0.130 e. The van der Waals surface area contributed by atoms with Crippen LogP contribution in [0.3, 0.4) is 0 Å². The molecule has 0 aliphatic carbocycles. The molecule has 0 bridgehead atoms. The Morgan fingerprint density at radius 1 is 1.23 bits per heavy atom. The van der Waals surface area contributed by atoms with Gasteiger partial charge in [-0.2, -0.15) is 0 Å². The normalized spacial score (nSPS) is 13.7. The van der Waals surface area contributed by atoms with Crippen LogP contribution in [0.2, 0.25) is 0 Å². The van der Waals surface area contributed by atoms with Crippen molar-refractivity contribution in [3.63, 3.8) is 0 Å². The monoisotopic (exact) mass is 186 g/mol. The van der Waals surface area contributed by atoms with Crippen molar-refractivity contribution in [1.29, 1.82) is 0 Å². The van der Waals surface area contributed by atoms with Gasteiger partial charge in [-0.05, 0) is 40.2 Å². The highest BCUT2D eigenvalue weighted by Crippen LogP contribution is 2.25. The van der Waals surface area contributed by atoms with E-state index in [1.165, 1.54) is 0 Å². The summed E-state index contributed by atoms with van der Waals surface area (Å²) >= 11 is 0. The summed E-state index contributed by atoms with van der Waals surface area (Å²) < 4.78 is 5.47. The molecular weight excluding hydrogens is 164 g/mol. The predicted molar refractivity (Wildman–Crippen MR) is 55.5 cm³/mol. The molecule has 1 N–H and O–H groups in total. The lowest BCUT2D eigenvalue weighted by Gasteiger charge is -2.36. The van der Waals surface area contributed by atoms with Gasteiger partial charge in [0.15, 0.2) is 0 Å². The van der Waals surface area contributed by atoms with Crippen LogP contribution < -0.4 is 0 Å². The lowest BCUT2D eigenvalue weighted by atomic mass is 9.90. The molecule has 0 aromatic carbocycles. The molecule has 0 rings (SSSR count). The molecule has 0 aromatic rings. The van der Waals surface area contributed by atoms with Gasteiger partial charge in [0.05, 0.1) is 11.9 Å². The fraction of sp³-hybridized carbons (Fsp3) is 0.818. The lowest BCUT2D eigenvalue weighted by Crippen LogP contribution is -2.46. The third-order valence-electron chi connectivity index (χ3n) is 2.39. The molecule has 0 aliphatic heterocycles. The van der Waals surface area contributed by atoms with Gasteiger partial charge >= 0.3 is 0 Å². The Hall–Kier alpha value is -0.500. The minimum atomic E-state index is -0.830. The van der Waals surface area contributed by atoms with Crippen LogP contribution in [0.1, 0.15) is 47.5 Å². The molecule has 0 radical (unpaired) electrons. The second-order valence-corrected chi connectivity index (χ2v) is 4.35. The molecule has 78 valence electrons. The number of hydrogen-bond acceptors (Lipinski definition) is 2. The summed E-state index contributed by atoms with van der Waals surface area (Å²) in [4.78, 5) is 0. The van der Waals surface area contributed by atoms with Gasteiger partial charge < -0.3 is 9.84 Å². The number of ether oxygens (including phenoxy) is 1. The summed E-state index contributed by atoms with van der Waals surface area (Å²) in [6.07, 6.45) is 5.79. The molecular formula is C11H22O2. The number of unbranched alkanes of at least 4 members (excludes halogenated alkanes) is 1. The van der Waals surface area contributed by atoms with Crippen LogP contribution in [-0.4, -0.2) is 16.3 Å². The third-order valence-corrected chi connectivity index (χ3v) is 2.39. The highest BCUT2D eigenvalue weighted by atomic mass is 16.5. The molecule has 0 atom stereocenters. The summed E-state index contributed by atoms with van der Waals surface area (Å²) in [6.45, 7) is 9.37. The van der Waals surface area contributed by atoms with Gasteiger partial charge in [0.25, 0.3) is 0 Å². The first-order valence-electron chi connectivity index (χ1n) is 4.86. The summed E-state index contributed by atoms with van der Waals surface area (Å²) in [7, 11) is 0. The fourth-order valence-corrected chi connectivity index (χ4v) is 0.597. The van der Waals surface area contributed by atoms with Crippen LogP contribution in [0.5, 0.6) is 0 Å². The Labute approximate surface area is 81.6 Å². The quantitative estimate of drug-likeness (QED) is 0.669. The Morgan fingerprint density at radius 2 is 1.77 bits per heavy atom. The molecule has 0 fully saturated rings. The SMILES string of the molecule is CCC/C=C/OC(C)(C)C(C)(C)O. The molecule has 2 nitrogen and oxygen atoms in total. The maximum atomic E-state index is 9.74. The largest absolute Gasteiger partial charge is 0.493 e. The van der Waals surface area contributed by atoms with E-state index in [2.05, 4.69) is 6.92 Å². The maximum Gasteiger partial charge on any atom is 0.130 e. The van der Waals surface area contributed by atoms with Crippen molar-refractivity contribution in [3.05, 3.63) is 12.3 Å². The van der Waals surface area contributed by atoms with E-state index in [0.717, 1.165) is 12.8 Å². The maximum absolute atomic E-state index is 9.74. The Balaban J connectivity index is 4.04. The second kappa shape index (κ2) is 4.66. The summed E-state index contributed by atoms with van der Waals surface area (Å²) in [6, 6.07) is 0. The predicted octanol–water partition coefficient (Wildman–Crippen LogP) is 2.87. The van der Waals surface area contributed by atoms with Gasteiger partial charge in [-0.3, -0.25) is 0 Å². The Kier molecular flexibility index (Phi) is 4.48. The fourth-order valence-electron chi connectivity index (χ4n) is 0.597. The standard InChI is InChI=1S/C11H22O2/c1-6-7-8-9-13-11(4,5)10(2,3)12/h8-9,12H,6-7H2,1-5H3/b9-8+. The van der Waals surface area contributed by atoms with E-state index in [-0.39, 0.29) is 0 Å². The van der Waals surface area contributed by atoms with E-state index in [9.17, 15) is 5.11 Å². The first-order chi connectivity index (χ1) is 5.81. The molecule has 0 unspecified atom stereocenters. The lowest BCUT2D eigenvalue weighted by molar-refractivity contribution is -0.114. The van der Waals surface area contributed by atoms with Crippen molar-refractivity contribution < 1.29 is 9.84 Å². The van der Waals surface area contributed by atoms with Gasteiger partial charge in [0.1, 0.15) is 5.60 Å². The number of rotatable bonds is 5. The van der Waals surface area contributed by atoms with Crippen LogP contribution in [0.15, 0.2) is 12.3 Å². The first-order valence-corrected chi connectivity index (χ1v) is 4.86. The molecule has 0 amide bonds. The highest BCUT2D eigenvalue weighted by Gasteiger charge is 2.36. The van der Waals surface area contributed by atoms with Crippen molar-refractivity contribution in [1.82, 2.24) is 0 Å². The zero-order valence-electron chi connectivity index (χ0n) is 9.42. The average Bonchev–Trinajstić information content (AvgIpc) is 1.96. The van der Waals surface area contributed by atoms with Gasteiger partial charge in [0.2, 0.25) is 0 Å².